The Labute approximate surface area is 173 Å². The number of hydrogen-bond donors (Lipinski definition) is 0. The van der Waals surface area contributed by atoms with E-state index in [0.717, 1.165) is 48.1 Å². The number of ketones is 1. The maximum atomic E-state index is 13.8. The number of esters is 1. The van der Waals surface area contributed by atoms with Gasteiger partial charge in [-0.3, -0.25) is 9.59 Å². The number of methoxy groups -OCH3 is 1. The average molecular weight is 397 g/mol. The smallest absolute Gasteiger partial charge is 0.316 e. The van der Waals surface area contributed by atoms with Crippen LogP contribution in [0.25, 0.3) is 5.57 Å². The molecule has 1 aromatic carbocycles. The molecule has 0 N–H and O–H groups in total. The fourth-order valence-electron chi connectivity index (χ4n) is 5.71. The molecule has 0 amide bonds. The van der Waals surface area contributed by atoms with Crippen LogP contribution in [0.3, 0.4) is 0 Å². The first-order valence-electron chi connectivity index (χ1n) is 10.8. The van der Waals surface area contributed by atoms with E-state index in [9.17, 15) is 9.59 Å². The van der Waals surface area contributed by atoms with Gasteiger partial charge in [-0.05, 0) is 101 Å². The molecule has 0 aliphatic heterocycles. The maximum absolute atomic E-state index is 13.8. The van der Waals surface area contributed by atoms with Crippen LogP contribution in [0.4, 0.5) is 0 Å². The second kappa shape index (κ2) is 7.00. The molecule has 3 fully saturated rings. The highest BCUT2D eigenvalue weighted by molar-refractivity contribution is 6.26. The summed E-state index contributed by atoms with van der Waals surface area (Å²) in [4.78, 5) is 26.6. The molecule has 29 heavy (non-hydrogen) atoms. The number of fused-ring (bicyclic) bond motifs is 2. The van der Waals surface area contributed by atoms with Gasteiger partial charge in [-0.15, -0.1) is 0 Å². The Balaban J connectivity index is 1.89. The van der Waals surface area contributed by atoms with Crippen molar-refractivity contribution in [2.24, 2.45) is 29.1 Å². The lowest BCUT2D eigenvalue weighted by molar-refractivity contribution is -0.150. The van der Waals surface area contributed by atoms with Crippen molar-refractivity contribution < 1.29 is 19.1 Å². The van der Waals surface area contributed by atoms with E-state index in [1.54, 1.807) is 7.11 Å². The molecule has 3 saturated carbocycles. The van der Waals surface area contributed by atoms with E-state index in [0.29, 0.717) is 23.2 Å². The van der Waals surface area contributed by atoms with Crippen molar-refractivity contribution in [1.82, 2.24) is 0 Å². The number of carbonyl (C=O) groups excluding carboxylic acids is 2. The minimum atomic E-state index is -0.614. The zero-order valence-corrected chi connectivity index (χ0v) is 18.4. The Hall–Kier alpha value is -2.10. The molecule has 4 heteroatoms. The minimum absolute atomic E-state index is 0.0267. The lowest BCUT2D eigenvalue weighted by atomic mass is 9.59. The predicted octanol–water partition coefficient (Wildman–Crippen LogP) is 5.25. The molecule has 5 rings (SSSR count). The highest BCUT2D eigenvalue weighted by atomic mass is 16.5. The number of allylic oxidation sites excluding steroid dienone is 2. The van der Waals surface area contributed by atoms with Crippen LogP contribution in [-0.2, 0) is 14.3 Å². The topological polar surface area (TPSA) is 52.6 Å². The third-order valence-electron chi connectivity index (χ3n) is 7.12. The van der Waals surface area contributed by atoms with Gasteiger partial charge < -0.3 is 9.47 Å². The quantitative estimate of drug-likeness (QED) is 0.655. The third-order valence-corrected chi connectivity index (χ3v) is 7.12. The number of hydrogen-bond acceptors (Lipinski definition) is 4. The van der Waals surface area contributed by atoms with Gasteiger partial charge in [0.2, 0.25) is 0 Å². The summed E-state index contributed by atoms with van der Waals surface area (Å²) in [5.74, 6) is 2.22. The van der Waals surface area contributed by atoms with Crippen LogP contribution in [-0.4, -0.2) is 18.9 Å². The summed E-state index contributed by atoms with van der Waals surface area (Å²) in [7, 11) is 1.65. The van der Waals surface area contributed by atoms with Gasteiger partial charge in [0, 0.05) is 11.8 Å². The van der Waals surface area contributed by atoms with Crippen LogP contribution in [0.1, 0.15) is 63.1 Å². The zero-order valence-electron chi connectivity index (χ0n) is 18.4. The SMILES string of the molecule is COc1cc(C)c(C2=C(OC(=O)C(C)(C)C)C3C4CCC(CC4)C3C2=O)c(C)c1. The van der Waals surface area contributed by atoms with E-state index in [1.165, 1.54) is 0 Å². The van der Waals surface area contributed by atoms with Crippen LogP contribution < -0.4 is 4.74 Å². The molecule has 2 unspecified atom stereocenters. The Kier molecular flexibility index (Phi) is 4.87. The number of carbonyl (C=O) groups is 2. The molecule has 4 aliphatic carbocycles. The van der Waals surface area contributed by atoms with Gasteiger partial charge in [0.05, 0.1) is 18.1 Å². The summed E-state index contributed by atoms with van der Waals surface area (Å²) in [6, 6.07) is 3.92. The summed E-state index contributed by atoms with van der Waals surface area (Å²) < 4.78 is 11.5. The fraction of sp³-hybridized carbons (Fsp3) is 0.600. The lowest BCUT2D eigenvalue weighted by Gasteiger charge is -2.45. The van der Waals surface area contributed by atoms with Gasteiger partial charge in [-0.2, -0.15) is 0 Å². The van der Waals surface area contributed by atoms with E-state index in [-0.39, 0.29) is 23.6 Å². The Morgan fingerprint density at radius 2 is 1.48 bits per heavy atom. The van der Waals surface area contributed by atoms with Crippen LogP contribution in [0.2, 0.25) is 0 Å². The molecule has 0 heterocycles. The van der Waals surface area contributed by atoms with Gasteiger partial charge in [0.1, 0.15) is 11.5 Å². The molecule has 0 radical (unpaired) electrons. The Bertz CT molecular complexity index is 871. The average Bonchev–Trinajstić information content (AvgIpc) is 2.96. The number of rotatable bonds is 3. The van der Waals surface area contributed by atoms with Crippen LogP contribution >= 0.6 is 0 Å². The fourth-order valence-corrected chi connectivity index (χ4v) is 5.71. The van der Waals surface area contributed by atoms with E-state index < -0.39 is 5.41 Å². The van der Waals surface area contributed by atoms with Crippen molar-refractivity contribution in [2.75, 3.05) is 7.11 Å². The maximum Gasteiger partial charge on any atom is 0.316 e. The van der Waals surface area contributed by atoms with Crippen molar-refractivity contribution in [3.8, 4) is 5.75 Å². The summed E-state index contributed by atoms with van der Waals surface area (Å²) in [5.41, 5.74) is 2.92. The third kappa shape index (κ3) is 3.21. The normalized spacial score (nSPS) is 28.6. The summed E-state index contributed by atoms with van der Waals surface area (Å²) in [6.45, 7) is 9.60. The number of aryl methyl sites for hydroxylation is 2. The molecule has 0 saturated heterocycles. The minimum Gasteiger partial charge on any atom is -0.497 e. The van der Waals surface area contributed by atoms with Gasteiger partial charge in [-0.1, -0.05) is 0 Å². The molecule has 4 nitrogen and oxygen atoms in total. The van der Waals surface area contributed by atoms with E-state index in [2.05, 4.69) is 0 Å². The molecular formula is C25H32O4. The molecular weight excluding hydrogens is 364 g/mol. The van der Waals surface area contributed by atoms with Crippen molar-refractivity contribution in [3.05, 3.63) is 34.6 Å². The molecule has 4 aliphatic rings. The van der Waals surface area contributed by atoms with Crippen molar-refractivity contribution in [3.63, 3.8) is 0 Å². The highest BCUT2D eigenvalue weighted by Crippen LogP contribution is 2.58. The molecule has 156 valence electrons. The van der Waals surface area contributed by atoms with Crippen LogP contribution in [0.15, 0.2) is 17.9 Å². The van der Waals surface area contributed by atoms with Crippen molar-refractivity contribution in [2.45, 2.75) is 60.3 Å². The van der Waals surface area contributed by atoms with Gasteiger partial charge >= 0.3 is 5.97 Å². The standard InChI is InChI=1S/C25H32O4/c1-13-11-17(28-6)12-14(2)18(13)21-22(26)19-15-7-9-16(10-8-15)20(19)23(21)29-24(27)25(3,4)5/h11-12,15-16,19-20H,7-10H2,1-6H3. The molecule has 2 atom stereocenters. The second-order valence-corrected chi connectivity index (χ2v) is 10.1. The van der Waals surface area contributed by atoms with Crippen molar-refractivity contribution >= 4 is 17.3 Å². The largest absolute Gasteiger partial charge is 0.497 e. The zero-order chi connectivity index (χ0) is 21.1. The van der Waals surface area contributed by atoms with Gasteiger partial charge in [0.25, 0.3) is 0 Å². The van der Waals surface area contributed by atoms with Crippen LogP contribution in [0, 0.1) is 42.9 Å². The number of ether oxygens (including phenoxy) is 2. The number of benzene rings is 1. The van der Waals surface area contributed by atoms with Gasteiger partial charge in [-0.25, -0.2) is 0 Å². The molecule has 0 aromatic heterocycles. The van der Waals surface area contributed by atoms with Gasteiger partial charge in [0.15, 0.2) is 5.78 Å². The summed E-state index contributed by atoms with van der Waals surface area (Å²) in [6.07, 6.45) is 4.49. The monoisotopic (exact) mass is 396 g/mol. The predicted molar refractivity (Wildman–Crippen MR) is 112 cm³/mol. The summed E-state index contributed by atoms with van der Waals surface area (Å²) >= 11 is 0. The molecule has 1 aromatic rings. The van der Waals surface area contributed by atoms with E-state index in [4.69, 9.17) is 9.47 Å². The first-order valence-corrected chi connectivity index (χ1v) is 10.8. The number of Topliss-reactive ketones (excluding diaryl/α,β-unsaturated/α-hetero) is 1. The summed E-state index contributed by atoms with van der Waals surface area (Å²) in [5, 5.41) is 0. The Morgan fingerprint density at radius 1 is 0.966 bits per heavy atom. The lowest BCUT2D eigenvalue weighted by Crippen LogP contribution is -2.42. The van der Waals surface area contributed by atoms with E-state index >= 15 is 0 Å². The van der Waals surface area contributed by atoms with Crippen molar-refractivity contribution in [1.29, 1.82) is 0 Å². The molecule has 0 spiro atoms. The second-order valence-electron chi connectivity index (χ2n) is 10.1. The van der Waals surface area contributed by atoms with E-state index in [1.807, 2.05) is 46.8 Å². The van der Waals surface area contributed by atoms with Crippen LogP contribution in [0.5, 0.6) is 5.75 Å². The Morgan fingerprint density at radius 3 is 1.97 bits per heavy atom. The first-order chi connectivity index (χ1) is 13.6. The first kappa shape index (κ1) is 20.2. The molecule has 2 bridgehead atoms. The highest BCUT2D eigenvalue weighted by Gasteiger charge is 2.56.